The average molecular weight is 314 g/mol. The first kappa shape index (κ1) is 17.2. The van der Waals surface area contributed by atoms with E-state index in [2.05, 4.69) is 0 Å². The summed E-state index contributed by atoms with van der Waals surface area (Å²) >= 11 is 1.44. The fraction of sp³-hybridized carbons (Fsp3) is 0.538. The molecule has 0 fully saturated rings. The van der Waals surface area contributed by atoms with Gasteiger partial charge in [0, 0.05) is 47.1 Å². The van der Waals surface area contributed by atoms with Gasteiger partial charge in [0.25, 0.3) is 0 Å². The van der Waals surface area contributed by atoms with Crippen molar-refractivity contribution in [1.29, 1.82) is 0 Å². The van der Waals surface area contributed by atoms with Crippen LogP contribution in [0, 0.1) is 10.1 Å². The molecule has 1 heterocycles. The minimum atomic E-state index is -0.396. The molecule has 0 bridgehead atoms. The van der Waals surface area contributed by atoms with E-state index in [4.69, 9.17) is 4.42 Å². The van der Waals surface area contributed by atoms with Gasteiger partial charge < -0.3 is 14.2 Å². The van der Waals surface area contributed by atoms with Gasteiger partial charge in [-0.15, -0.1) is 0 Å². The summed E-state index contributed by atoms with van der Waals surface area (Å²) in [5.74, 6) is 1.34. The highest BCUT2D eigenvalue weighted by molar-refractivity contribution is 7.96. The van der Waals surface area contributed by atoms with Gasteiger partial charge in [-0.3, -0.25) is 14.4 Å². The van der Waals surface area contributed by atoms with E-state index in [0.29, 0.717) is 18.2 Å². The van der Waals surface area contributed by atoms with Gasteiger partial charge >= 0.3 is 5.70 Å². The zero-order valence-corrected chi connectivity index (χ0v) is 14.1. The van der Waals surface area contributed by atoms with Crippen molar-refractivity contribution < 1.29 is 9.34 Å². The molecular weight excluding hydrogens is 292 g/mol. The number of anilines is 1. The first-order chi connectivity index (χ1) is 9.83. The minimum Gasteiger partial charge on any atom is -0.434 e. The Morgan fingerprint density at radius 3 is 2.29 bits per heavy atom. The van der Waals surface area contributed by atoms with E-state index in [9.17, 15) is 10.1 Å². The van der Waals surface area contributed by atoms with Crippen LogP contribution in [0.2, 0.25) is 0 Å². The van der Waals surface area contributed by atoms with Gasteiger partial charge in [0.1, 0.15) is 0 Å². The maximum absolute atomic E-state index is 11.6. The van der Waals surface area contributed by atoms with Crippen molar-refractivity contribution in [3.05, 3.63) is 33.8 Å². The van der Waals surface area contributed by atoms with Gasteiger partial charge in [0.15, 0.2) is 11.7 Å². The van der Waals surface area contributed by atoms with Crippen LogP contribution in [0.1, 0.15) is 12.7 Å². The zero-order chi connectivity index (χ0) is 16.2. The third kappa shape index (κ3) is 3.84. The zero-order valence-electron chi connectivity index (χ0n) is 13.3. The molecule has 0 N–H and O–H groups in total. The summed E-state index contributed by atoms with van der Waals surface area (Å²) in [7, 11) is 7.22. The molecule has 0 unspecified atom stereocenters. The highest BCUT2D eigenvalue weighted by Crippen LogP contribution is 2.30. The second kappa shape index (κ2) is 7.26. The molecule has 0 aliphatic rings. The highest BCUT2D eigenvalue weighted by atomic mass is 32.2. The number of furan rings is 1. The van der Waals surface area contributed by atoms with Crippen molar-refractivity contribution in [1.82, 2.24) is 9.21 Å². The number of hydrogen-bond acceptors (Lipinski definition) is 7. The van der Waals surface area contributed by atoms with Gasteiger partial charge in [-0.1, -0.05) is 11.9 Å². The van der Waals surface area contributed by atoms with Crippen molar-refractivity contribution in [3.63, 3.8) is 0 Å². The lowest BCUT2D eigenvalue weighted by Crippen LogP contribution is -2.28. The number of nitrogens with zero attached hydrogens (tertiary/aromatic N) is 4. The SMILES string of the molecule is CCN(SC)C(=C(c1ccc(N(C)C)o1)[N+](=O)[O-])N(C)C. The van der Waals surface area contributed by atoms with Crippen molar-refractivity contribution in [2.75, 3.05) is 45.9 Å². The molecule has 118 valence electrons. The molecule has 21 heavy (non-hydrogen) atoms. The molecule has 0 saturated carbocycles. The Bertz CT molecular complexity index is 521. The van der Waals surface area contributed by atoms with Crippen molar-refractivity contribution in [3.8, 4) is 0 Å². The fourth-order valence-corrected chi connectivity index (χ4v) is 2.58. The maximum atomic E-state index is 11.6. The standard InChI is InChI=1S/C13H22N4O3S/c1-7-16(21-6)13(15(4)5)12(17(18)19)10-8-9-11(20-10)14(2)3/h8-9H,7H2,1-6H3. The predicted molar refractivity (Wildman–Crippen MR) is 86.5 cm³/mol. The summed E-state index contributed by atoms with van der Waals surface area (Å²) in [6.07, 6.45) is 1.89. The molecule has 1 aromatic rings. The smallest absolute Gasteiger partial charge is 0.352 e. The lowest BCUT2D eigenvalue weighted by molar-refractivity contribution is -0.379. The molecule has 0 atom stereocenters. The van der Waals surface area contributed by atoms with Crippen LogP contribution in [-0.2, 0) is 0 Å². The van der Waals surface area contributed by atoms with Gasteiger partial charge in [0.05, 0.1) is 4.92 Å². The van der Waals surface area contributed by atoms with Crippen molar-refractivity contribution in [2.24, 2.45) is 0 Å². The van der Waals surface area contributed by atoms with Crippen LogP contribution in [0.25, 0.3) is 5.70 Å². The quantitative estimate of drug-likeness (QED) is 0.435. The van der Waals surface area contributed by atoms with E-state index < -0.39 is 4.92 Å². The molecule has 7 nitrogen and oxygen atoms in total. The van der Waals surface area contributed by atoms with Gasteiger partial charge in [-0.2, -0.15) is 0 Å². The molecule has 0 aromatic carbocycles. The van der Waals surface area contributed by atoms with Gasteiger partial charge in [-0.25, -0.2) is 0 Å². The van der Waals surface area contributed by atoms with Crippen LogP contribution in [0.5, 0.6) is 0 Å². The minimum absolute atomic E-state index is 0.0377. The van der Waals surface area contributed by atoms with Crippen LogP contribution in [0.4, 0.5) is 5.88 Å². The Morgan fingerprint density at radius 2 is 1.95 bits per heavy atom. The van der Waals surface area contributed by atoms with E-state index in [0.717, 1.165) is 0 Å². The number of nitro groups is 1. The average Bonchev–Trinajstić information content (AvgIpc) is 2.87. The largest absolute Gasteiger partial charge is 0.434 e. The van der Waals surface area contributed by atoms with Crippen LogP contribution < -0.4 is 4.90 Å². The molecule has 0 aliphatic carbocycles. The van der Waals surface area contributed by atoms with Crippen molar-refractivity contribution in [2.45, 2.75) is 6.92 Å². The first-order valence-corrected chi connectivity index (χ1v) is 7.66. The molecule has 0 amide bonds. The lowest BCUT2D eigenvalue weighted by atomic mass is 10.3. The second-order valence-corrected chi connectivity index (χ2v) is 5.54. The molecule has 0 radical (unpaired) electrons. The Hall–Kier alpha value is -1.83. The highest BCUT2D eigenvalue weighted by Gasteiger charge is 2.30. The van der Waals surface area contributed by atoms with Crippen LogP contribution in [-0.4, -0.2) is 55.1 Å². The predicted octanol–water partition coefficient (Wildman–Crippen LogP) is 2.41. The Morgan fingerprint density at radius 1 is 1.33 bits per heavy atom. The van der Waals surface area contributed by atoms with Crippen LogP contribution in [0.3, 0.4) is 0 Å². The normalized spacial score (nSPS) is 11.9. The summed E-state index contributed by atoms with van der Waals surface area (Å²) in [4.78, 5) is 14.7. The molecule has 0 saturated heterocycles. The fourth-order valence-electron chi connectivity index (χ4n) is 1.90. The summed E-state index contributed by atoms with van der Waals surface area (Å²) < 4.78 is 7.46. The number of rotatable bonds is 7. The van der Waals surface area contributed by atoms with E-state index in [-0.39, 0.29) is 11.5 Å². The van der Waals surface area contributed by atoms with E-state index in [1.807, 2.05) is 31.6 Å². The molecule has 0 aliphatic heterocycles. The molecule has 8 heteroatoms. The molecular formula is C13H22N4O3S. The van der Waals surface area contributed by atoms with Gasteiger partial charge in [0.2, 0.25) is 5.76 Å². The van der Waals surface area contributed by atoms with Crippen LogP contribution in [0.15, 0.2) is 22.4 Å². The van der Waals surface area contributed by atoms with Gasteiger partial charge in [-0.05, 0) is 13.0 Å². The van der Waals surface area contributed by atoms with E-state index in [1.165, 1.54) is 11.9 Å². The summed E-state index contributed by atoms with van der Waals surface area (Å²) in [6.45, 7) is 2.60. The Balaban J connectivity index is 3.47. The Kier molecular flexibility index (Phi) is 5.95. The van der Waals surface area contributed by atoms with Crippen LogP contribution >= 0.6 is 11.9 Å². The molecule has 1 rings (SSSR count). The second-order valence-electron chi connectivity index (χ2n) is 4.73. The monoisotopic (exact) mass is 314 g/mol. The maximum Gasteiger partial charge on any atom is 0.352 e. The summed E-state index contributed by atoms with van der Waals surface area (Å²) in [5.41, 5.74) is -0.0377. The number of hydrogen-bond donors (Lipinski definition) is 0. The molecule has 1 aromatic heterocycles. The van der Waals surface area contributed by atoms with E-state index >= 15 is 0 Å². The summed E-state index contributed by atoms with van der Waals surface area (Å²) in [5, 5.41) is 11.6. The summed E-state index contributed by atoms with van der Waals surface area (Å²) in [6, 6.07) is 3.35. The topological polar surface area (TPSA) is 66.0 Å². The third-order valence-electron chi connectivity index (χ3n) is 2.83. The third-order valence-corrected chi connectivity index (χ3v) is 3.70. The molecule has 0 spiro atoms. The van der Waals surface area contributed by atoms with E-state index in [1.54, 1.807) is 36.0 Å². The lowest BCUT2D eigenvalue weighted by Gasteiger charge is -2.27. The Labute approximate surface area is 129 Å². The first-order valence-electron chi connectivity index (χ1n) is 6.48. The van der Waals surface area contributed by atoms with Crippen molar-refractivity contribution >= 4 is 23.5 Å².